The molecule has 2 atom stereocenters. The molecule has 0 aliphatic carbocycles. The molecule has 0 aliphatic rings. The zero-order valence-corrected chi connectivity index (χ0v) is 12.2. The maximum atomic E-state index is 6.49. The minimum atomic E-state index is -0.0762. The Morgan fingerprint density at radius 3 is 2.39 bits per heavy atom. The quantitative estimate of drug-likeness (QED) is 0.843. The third kappa shape index (κ3) is 2.85. The number of hydrogen-bond donors (Lipinski definition) is 1. The first kappa shape index (κ1) is 15.0. The Hall–Kier alpha value is -1.06. The van der Waals surface area contributed by atoms with Gasteiger partial charge in [0.05, 0.1) is 12.6 Å². The van der Waals surface area contributed by atoms with Crippen LogP contribution in [-0.2, 0) is 0 Å². The van der Waals surface area contributed by atoms with Gasteiger partial charge in [-0.05, 0) is 40.4 Å². The van der Waals surface area contributed by atoms with Crippen LogP contribution in [0.25, 0.3) is 0 Å². The standard InChI is InChI=1S/C15H26N2O/c1-6-15(3,17(4)5)14(16)12-10-8-9-11-13(12)18-7-2/h8-11,14H,6-7,16H2,1-5H3. The van der Waals surface area contributed by atoms with Crippen molar-refractivity contribution in [1.82, 2.24) is 4.90 Å². The Balaban J connectivity index is 3.12. The first-order chi connectivity index (χ1) is 8.47. The van der Waals surface area contributed by atoms with Crippen molar-refractivity contribution in [3.8, 4) is 5.75 Å². The molecule has 0 saturated heterocycles. The molecular weight excluding hydrogens is 224 g/mol. The van der Waals surface area contributed by atoms with Crippen LogP contribution in [0.4, 0.5) is 0 Å². The van der Waals surface area contributed by atoms with E-state index in [2.05, 4.69) is 38.9 Å². The van der Waals surface area contributed by atoms with E-state index in [0.717, 1.165) is 17.7 Å². The summed E-state index contributed by atoms with van der Waals surface area (Å²) in [5.41, 5.74) is 7.50. The summed E-state index contributed by atoms with van der Waals surface area (Å²) < 4.78 is 5.68. The van der Waals surface area contributed by atoms with Gasteiger partial charge >= 0.3 is 0 Å². The highest BCUT2D eigenvalue weighted by atomic mass is 16.5. The molecular formula is C15H26N2O. The lowest BCUT2D eigenvalue weighted by Gasteiger charge is -2.41. The summed E-state index contributed by atoms with van der Waals surface area (Å²) in [5.74, 6) is 0.897. The molecule has 102 valence electrons. The molecule has 3 heteroatoms. The van der Waals surface area contributed by atoms with Crippen molar-refractivity contribution >= 4 is 0 Å². The summed E-state index contributed by atoms with van der Waals surface area (Å²) in [6.45, 7) is 7.02. The number of para-hydroxylation sites is 1. The molecule has 1 aromatic rings. The Labute approximate surface area is 111 Å². The average molecular weight is 250 g/mol. The summed E-state index contributed by atoms with van der Waals surface area (Å²) >= 11 is 0. The Bertz CT molecular complexity index is 379. The van der Waals surface area contributed by atoms with Crippen molar-refractivity contribution in [2.45, 2.75) is 38.8 Å². The van der Waals surface area contributed by atoms with Gasteiger partial charge < -0.3 is 15.4 Å². The van der Waals surface area contributed by atoms with Gasteiger partial charge in [-0.2, -0.15) is 0 Å². The van der Waals surface area contributed by atoms with Crippen LogP contribution >= 0.6 is 0 Å². The lowest BCUT2D eigenvalue weighted by atomic mass is 9.84. The first-order valence-corrected chi connectivity index (χ1v) is 6.62. The van der Waals surface area contributed by atoms with E-state index < -0.39 is 0 Å². The van der Waals surface area contributed by atoms with Gasteiger partial charge in [-0.1, -0.05) is 25.1 Å². The Morgan fingerprint density at radius 1 is 1.28 bits per heavy atom. The number of hydrogen-bond acceptors (Lipinski definition) is 3. The topological polar surface area (TPSA) is 38.5 Å². The van der Waals surface area contributed by atoms with Crippen LogP contribution in [0, 0.1) is 0 Å². The molecule has 0 saturated carbocycles. The normalized spacial score (nSPS) is 16.4. The molecule has 0 spiro atoms. The maximum absolute atomic E-state index is 6.49. The Kier molecular flexibility index (Phi) is 5.17. The maximum Gasteiger partial charge on any atom is 0.124 e. The van der Waals surface area contributed by atoms with E-state index in [0.29, 0.717) is 6.61 Å². The van der Waals surface area contributed by atoms with E-state index in [1.165, 1.54) is 0 Å². The molecule has 0 radical (unpaired) electrons. The molecule has 1 aromatic carbocycles. The summed E-state index contributed by atoms with van der Waals surface area (Å²) in [6, 6.07) is 7.99. The van der Waals surface area contributed by atoms with Gasteiger partial charge in [0.25, 0.3) is 0 Å². The van der Waals surface area contributed by atoms with Crippen molar-refractivity contribution in [2.75, 3.05) is 20.7 Å². The number of nitrogens with zero attached hydrogens (tertiary/aromatic N) is 1. The van der Waals surface area contributed by atoms with E-state index in [1.807, 2.05) is 25.1 Å². The summed E-state index contributed by atoms with van der Waals surface area (Å²) in [5, 5.41) is 0. The average Bonchev–Trinajstić information content (AvgIpc) is 2.37. The number of ether oxygens (including phenoxy) is 1. The molecule has 0 aromatic heterocycles. The van der Waals surface area contributed by atoms with Gasteiger partial charge in [0.2, 0.25) is 0 Å². The molecule has 0 amide bonds. The molecule has 0 aliphatic heterocycles. The fraction of sp³-hybridized carbons (Fsp3) is 0.600. The number of likely N-dealkylation sites (N-methyl/N-ethyl adjacent to an activating group) is 1. The van der Waals surface area contributed by atoms with Crippen molar-refractivity contribution in [1.29, 1.82) is 0 Å². The van der Waals surface area contributed by atoms with Crippen LogP contribution in [0.5, 0.6) is 5.75 Å². The monoisotopic (exact) mass is 250 g/mol. The fourth-order valence-corrected chi connectivity index (χ4v) is 2.17. The second kappa shape index (κ2) is 6.21. The molecule has 0 heterocycles. The highest BCUT2D eigenvalue weighted by Gasteiger charge is 2.34. The first-order valence-electron chi connectivity index (χ1n) is 6.62. The summed E-state index contributed by atoms with van der Waals surface area (Å²) in [4.78, 5) is 2.19. The molecule has 0 fully saturated rings. The van der Waals surface area contributed by atoms with Crippen LogP contribution in [0.2, 0.25) is 0 Å². The van der Waals surface area contributed by atoms with Gasteiger partial charge in [0.1, 0.15) is 5.75 Å². The molecule has 2 unspecified atom stereocenters. The smallest absolute Gasteiger partial charge is 0.124 e. The third-order valence-electron chi connectivity index (χ3n) is 3.96. The predicted molar refractivity (Wildman–Crippen MR) is 76.9 cm³/mol. The predicted octanol–water partition coefficient (Wildman–Crippen LogP) is 2.82. The lowest BCUT2D eigenvalue weighted by molar-refractivity contribution is 0.130. The Morgan fingerprint density at radius 2 is 1.89 bits per heavy atom. The largest absolute Gasteiger partial charge is 0.494 e. The van der Waals surface area contributed by atoms with Crippen LogP contribution < -0.4 is 10.5 Å². The van der Waals surface area contributed by atoms with Crippen LogP contribution in [0.1, 0.15) is 38.8 Å². The molecule has 0 bridgehead atoms. The second-order valence-corrected chi connectivity index (χ2v) is 5.05. The second-order valence-electron chi connectivity index (χ2n) is 5.05. The summed E-state index contributed by atoms with van der Waals surface area (Å²) in [6.07, 6.45) is 0.988. The summed E-state index contributed by atoms with van der Waals surface area (Å²) in [7, 11) is 4.15. The van der Waals surface area contributed by atoms with Gasteiger partial charge in [0, 0.05) is 11.1 Å². The minimum Gasteiger partial charge on any atom is -0.494 e. The third-order valence-corrected chi connectivity index (χ3v) is 3.96. The fourth-order valence-electron chi connectivity index (χ4n) is 2.17. The zero-order chi connectivity index (χ0) is 13.8. The van der Waals surface area contributed by atoms with E-state index >= 15 is 0 Å². The van der Waals surface area contributed by atoms with Gasteiger partial charge in [-0.15, -0.1) is 0 Å². The van der Waals surface area contributed by atoms with Gasteiger partial charge in [-0.3, -0.25) is 0 Å². The van der Waals surface area contributed by atoms with Crippen molar-refractivity contribution in [3.63, 3.8) is 0 Å². The minimum absolute atomic E-state index is 0.0692. The van der Waals surface area contributed by atoms with Crippen molar-refractivity contribution in [2.24, 2.45) is 5.73 Å². The highest BCUT2D eigenvalue weighted by Crippen LogP contribution is 2.35. The molecule has 18 heavy (non-hydrogen) atoms. The van der Waals surface area contributed by atoms with E-state index in [9.17, 15) is 0 Å². The van der Waals surface area contributed by atoms with Crippen molar-refractivity contribution in [3.05, 3.63) is 29.8 Å². The molecule has 3 nitrogen and oxygen atoms in total. The van der Waals surface area contributed by atoms with Crippen LogP contribution in [-0.4, -0.2) is 31.1 Å². The highest BCUT2D eigenvalue weighted by molar-refractivity contribution is 5.37. The van der Waals surface area contributed by atoms with E-state index in [4.69, 9.17) is 10.5 Å². The molecule has 1 rings (SSSR count). The number of nitrogens with two attached hydrogens (primary N) is 1. The van der Waals surface area contributed by atoms with E-state index in [-0.39, 0.29) is 11.6 Å². The van der Waals surface area contributed by atoms with Crippen molar-refractivity contribution < 1.29 is 4.74 Å². The van der Waals surface area contributed by atoms with Crippen LogP contribution in [0.3, 0.4) is 0 Å². The molecule has 2 N–H and O–H groups in total. The van der Waals surface area contributed by atoms with Gasteiger partial charge in [0.15, 0.2) is 0 Å². The van der Waals surface area contributed by atoms with Crippen LogP contribution in [0.15, 0.2) is 24.3 Å². The zero-order valence-electron chi connectivity index (χ0n) is 12.2. The number of rotatable bonds is 6. The lowest BCUT2D eigenvalue weighted by Crippen LogP contribution is -2.49. The van der Waals surface area contributed by atoms with E-state index in [1.54, 1.807) is 0 Å². The number of benzene rings is 1. The SMILES string of the molecule is CCOc1ccccc1C(N)C(C)(CC)N(C)C. The van der Waals surface area contributed by atoms with Gasteiger partial charge in [-0.25, -0.2) is 0 Å².